The Labute approximate surface area is 124 Å². The number of halogens is 1. The number of hydrogen-bond acceptors (Lipinski definition) is 4. The summed E-state index contributed by atoms with van der Waals surface area (Å²) in [5.74, 6) is -0.525. The lowest BCUT2D eigenvalue weighted by molar-refractivity contribution is 0.122. The van der Waals surface area contributed by atoms with Crippen molar-refractivity contribution in [3.8, 4) is 0 Å². The number of ether oxygens (including phenoxy) is 1. The molecular formula is C14H21FN2O3S. The minimum Gasteiger partial charge on any atom is -0.383 e. The topological polar surface area (TPSA) is 67.4 Å². The van der Waals surface area contributed by atoms with Crippen LogP contribution >= 0.6 is 0 Å². The molecule has 1 aliphatic heterocycles. The van der Waals surface area contributed by atoms with Crippen molar-refractivity contribution in [1.82, 2.24) is 10.0 Å². The van der Waals surface area contributed by atoms with E-state index < -0.39 is 15.8 Å². The van der Waals surface area contributed by atoms with Crippen molar-refractivity contribution in [2.75, 3.05) is 26.8 Å². The first-order valence-corrected chi connectivity index (χ1v) is 8.37. The predicted molar refractivity (Wildman–Crippen MR) is 78.2 cm³/mol. The van der Waals surface area contributed by atoms with Gasteiger partial charge in [0.05, 0.1) is 17.0 Å². The second-order valence-electron chi connectivity index (χ2n) is 5.48. The third kappa shape index (κ3) is 3.79. The fourth-order valence-electron chi connectivity index (χ4n) is 2.53. The molecule has 0 bridgehead atoms. The van der Waals surface area contributed by atoms with E-state index in [0.717, 1.165) is 25.5 Å². The lowest BCUT2D eigenvalue weighted by atomic mass is 9.99. The highest BCUT2D eigenvalue weighted by atomic mass is 32.2. The van der Waals surface area contributed by atoms with E-state index in [1.165, 1.54) is 12.1 Å². The third-order valence-electron chi connectivity index (χ3n) is 3.81. The van der Waals surface area contributed by atoms with Crippen LogP contribution in [0, 0.1) is 12.7 Å². The number of benzene rings is 1. The molecule has 0 aliphatic carbocycles. The summed E-state index contributed by atoms with van der Waals surface area (Å²) in [4.78, 5) is -0.0591. The maximum Gasteiger partial charge on any atom is 0.240 e. The predicted octanol–water partition coefficient (Wildman–Crippen LogP) is 1.18. The number of hydrogen-bond donors (Lipinski definition) is 2. The maximum absolute atomic E-state index is 13.5. The first kappa shape index (κ1) is 16.4. The van der Waals surface area contributed by atoms with Crippen LogP contribution in [0.15, 0.2) is 23.1 Å². The molecule has 1 aromatic rings. The van der Waals surface area contributed by atoms with E-state index in [0.29, 0.717) is 12.2 Å². The quantitative estimate of drug-likeness (QED) is 0.827. The van der Waals surface area contributed by atoms with E-state index in [9.17, 15) is 12.8 Å². The van der Waals surface area contributed by atoms with Crippen LogP contribution < -0.4 is 10.0 Å². The van der Waals surface area contributed by atoms with Gasteiger partial charge in [0.1, 0.15) is 5.82 Å². The molecule has 0 radical (unpaired) electrons. The highest BCUT2D eigenvalue weighted by Crippen LogP contribution is 2.20. The minimum atomic E-state index is -3.73. The summed E-state index contributed by atoms with van der Waals surface area (Å²) in [6, 6.07) is 3.91. The molecule has 7 heteroatoms. The highest BCUT2D eigenvalue weighted by molar-refractivity contribution is 7.89. The molecule has 2 rings (SSSR count). The smallest absolute Gasteiger partial charge is 0.240 e. The number of methoxy groups -OCH3 is 1. The molecule has 1 aromatic carbocycles. The van der Waals surface area contributed by atoms with E-state index in [1.54, 1.807) is 14.0 Å². The van der Waals surface area contributed by atoms with Gasteiger partial charge in [-0.2, -0.15) is 0 Å². The molecular weight excluding hydrogens is 295 g/mol. The molecule has 0 amide bonds. The van der Waals surface area contributed by atoms with Crippen molar-refractivity contribution >= 4 is 10.0 Å². The summed E-state index contributed by atoms with van der Waals surface area (Å²) in [5.41, 5.74) is 0.0349. The summed E-state index contributed by atoms with van der Waals surface area (Å²) in [6.45, 7) is 3.08. The second-order valence-corrected chi connectivity index (χ2v) is 7.25. The normalized spacial score (nSPS) is 22.6. The van der Waals surface area contributed by atoms with Crippen molar-refractivity contribution in [1.29, 1.82) is 0 Å². The lowest BCUT2D eigenvalue weighted by Crippen LogP contribution is -2.52. The van der Waals surface area contributed by atoms with Gasteiger partial charge in [-0.05, 0) is 44.0 Å². The molecule has 0 spiro atoms. The van der Waals surface area contributed by atoms with Gasteiger partial charge in [0, 0.05) is 13.7 Å². The molecule has 5 nitrogen and oxygen atoms in total. The van der Waals surface area contributed by atoms with Gasteiger partial charge in [0.15, 0.2) is 0 Å². The van der Waals surface area contributed by atoms with E-state index in [2.05, 4.69) is 10.0 Å². The number of nitrogens with one attached hydrogen (secondary N) is 2. The van der Waals surface area contributed by atoms with Crippen LogP contribution in [0.4, 0.5) is 4.39 Å². The monoisotopic (exact) mass is 316 g/mol. The Bertz CT molecular complexity index is 598. The Balaban J connectivity index is 2.11. The molecule has 1 unspecified atom stereocenters. The van der Waals surface area contributed by atoms with Crippen LogP contribution in [0.1, 0.15) is 18.4 Å². The Morgan fingerprint density at radius 2 is 2.24 bits per heavy atom. The van der Waals surface area contributed by atoms with Crippen LogP contribution in [-0.2, 0) is 14.8 Å². The summed E-state index contributed by atoms with van der Waals surface area (Å²) in [7, 11) is -2.14. The third-order valence-corrected chi connectivity index (χ3v) is 5.21. The van der Waals surface area contributed by atoms with Crippen LogP contribution in [0.2, 0.25) is 0 Å². The fourth-order valence-corrected chi connectivity index (χ4v) is 3.67. The molecule has 1 saturated heterocycles. The van der Waals surface area contributed by atoms with Crippen molar-refractivity contribution in [2.24, 2.45) is 0 Å². The number of rotatable bonds is 6. The van der Waals surface area contributed by atoms with Crippen molar-refractivity contribution in [2.45, 2.75) is 30.2 Å². The molecule has 1 atom stereocenters. The standard InChI is InChI=1S/C14H21FN2O3S/c1-11-4-5-12(8-13(11)15)21(18,19)17-9-14(10-20-2)6-3-7-16-14/h4-5,8,16-17H,3,6-7,9-10H2,1-2H3. The van der Waals surface area contributed by atoms with Gasteiger partial charge < -0.3 is 10.1 Å². The summed E-state index contributed by atoms with van der Waals surface area (Å²) in [6.07, 6.45) is 1.82. The zero-order valence-electron chi connectivity index (χ0n) is 12.3. The van der Waals surface area contributed by atoms with Crippen LogP contribution in [0.3, 0.4) is 0 Å². The Morgan fingerprint density at radius 1 is 1.48 bits per heavy atom. The molecule has 118 valence electrons. The zero-order valence-corrected chi connectivity index (χ0v) is 13.1. The largest absolute Gasteiger partial charge is 0.383 e. The van der Waals surface area contributed by atoms with Crippen LogP contribution in [0.25, 0.3) is 0 Å². The number of aryl methyl sites for hydroxylation is 1. The van der Waals surface area contributed by atoms with E-state index in [4.69, 9.17) is 4.74 Å². The summed E-state index contributed by atoms with van der Waals surface area (Å²) < 4.78 is 45.8. The first-order valence-electron chi connectivity index (χ1n) is 6.88. The average molecular weight is 316 g/mol. The first-order chi connectivity index (χ1) is 9.88. The average Bonchev–Trinajstić information content (AvgIpc) is 2.89. The molecule has 1 fully saturated rings. The van der Waals surface area contributed by atoms with Gasteiger partial charge in [-0.25, -0.2) is 17.5 Å². The minimum absolute atomic E-state index is 0.0591. The summed E-state index contributed by atoms with van der Waals surface area (Å²) >= 11 is 0. The Kier molecular flexibility index (Phi) is 4.98. The Morgan fingerprint density at radius 3 is 2.81 bits per heavy atom. The SMILES string of the molecule is COCC1(CNS(=O)(=O)c2ccc(C)c(F)c2)CCCN1. The maximum atomic E-state index is 13.5. The van der Waals surface area contributed by atoms with Crippen LogP contribution in [-0.4, -0.2) is 40.8 Å². The molecule has 2 N–H and O–H groups in total. The van der Waals surface area contributed by atoms with Gasteiger partial charge in [-0.3, -0.25) is 0 Å². The molecule has 0 saturated carbocycles. The molecule has 21 heavy (non-hydrogen) atoms. The van der Waals surface area contributed by atoms with Gasteiger partial charge in [-0.15, -0.1) is 0 Å². The van der Waals surface area contributed by atoms with Gasteiger partial charge in [0.2, 0.25) is 10.0 Å². The Hall–Kier alpha value is -1.02. The molecule has 0 aromatic heterocycles. The van der Waals surface area contributed by atoms with Crippen LogP contribution in [0.5, 0.6) is 0 Å². The van der Waals surface area contributed by atoms with Crippen molar-refractivity contribution < 1.29 is 17.5 Å². The van der Waals surface area contributed by atoms with Gasteiger partial charge in [-0.1, -0.05) is 6.07 Å². The molecule has 1 heterocycles. The van der Waals surface area contributed by atoms with Crippen molar-refractivity contribution in [3.63, 3.8) is 0 Å². The van der Waals surface area contributed by atoms with E-state index in [1.807, 2.05) is 0 Å². The molecule has 1 aliphatic rings. The highest BCUT2D eigenvalue weighted by Gasteiger charge is 2.34. The lowest BCUT2D eigenvalue weighted by Gasteiger charge is -2.28. The van der Waals surface area contributed by atoms with Crippen molar-refractivity contribution in [3.05, 3.63) is 29.6 Å². The van der Waals surface area contributed by atoms with E-state index >= 15 is 0 Å². The van der Waals surface area contributed by atoms with Gasteiger partial charge in [0.25, 0.3) is 0 Å². The van der Waals surface area contributed by atoms with E-state index in [-0.39, 0.29) is 17.0 Å². The second kappa shape index (κ2) is 6.39. The fraction of sp³-hybridized carbons (Fsp3) is 0.571. The number of sulfonamides is 1. The van der Waals surface area contributed by atoms with Gasteiger partial charge >= 0.3 is 0 Å². The summed E-state index contributed by atoms with van der Waals surface area (Å²) in [5, 5.41) is 3.29. The zero-order chi connectivity index (χ0) is 15.5.